The summed E-state index contributed by atoms with van der Waals surface area (Å²) in [5.41, 5.74) is 0.266. The first-order chi connectivity index (χ1) is 6.27. The number of hydrogen-bond acceptors (Lipinski definition) is 4. The zero-order valence-electron chi connectivity index (χ0n) is 7.16. The molecule has 0 saturated heterocycles. The maximum Gasteiger partial charge on any atom is 0.188 e. The number of pyridine rings is 1. The third kappa shape index (κ3) is 2.64. The Labute approximate surface area is 74.9 Å². The zero-order chi connectivity index (χ0) is 9.68. The molecular weight excluding hydrogens is 177 g/mol. The van der Waals surface area contributed by atoms with Crippen molar-refractivity contribution in [3.63, 3.8) is 0 Å². The predicted octanol–water partition coefficient (Wildman–Crippen LogP) is 0.696. The number of ether oxygens (including phenoxy) is 2. The highest BCUT2D eigenvalue weighted by atomic mass is 19.1. The number of aliphatic hydroxyl groups excluding tert-OH is 1. The van der Waals surface area contributed by atoms with Crippen LogP contribution in [0.3, 0.4) is 0 Å². The second kappa shape index (κ2) is 4.74. The maximum atomic E-state index is 13.0. The minimum Gasteiger partial charge on any atom is -0.463 e. The average Bonchev–Trinajstić information content (AvgIpc) is 2.16. The number of halogens is 1. The summed E-state index contributed by atoms with van der Waals surface area (Å²) in [5, 5.41) is 8.63. The molecule has 13 heavy (non-hydrogen) atoms. The molecule has 0 bridgehead atoms. The normalized spacial score (nSPS) is 10.1. The molecule has 1 aromatic rings. The number of aromatic nitrogens is 1. The molecule has 0 radical (unpaired) electrons. The summed E-state index contributed by atoms with van der Waals surface area (Å²) < 4.78 is 22.5. The summed E-state index contributed by atoms with van der Waals surface area (Å²) in [4.78, 5) is 3.74. The summed E-state index contributed by atoms with van der Waals surface area (Å²) >= 11 is 0. The molecule has 0 amide bonds. The molecule has 0 spiro atoms. The second-order valence-corrected chi connectivity index (χ2v) is 2.32. The highest BCUT2D eigenvalue weighted by Crippen LogP contribution is 2.15. The van der Waals surface area contributed by atoms with E-state index in [4.69, 9.17) is 9.84 Å². The van der Waals surface area contributed by atoms with E-state index < -0.39 is 5.82 Å². The highest BCUT2D eigenvalue weighted by Gasteiger charge is 2.04. The molecule has 0 aliphatic carbocycles. The molecule has 0 unspecified atom stereocenters. The van der Waals surface area contributed by atoms with Gasteiger partial charge in [-0.15, -0.1) is 0 Å². The van der Waals surface area contributed by atoms with Crippen LogP contribution < -0.4 is 4.74 Å². The van der Waals surface area contributed by atoms with Gasteiger partial charge in [0.15, 0.2) is 18.4 Å². The van der Waals surface area contributed by atoms with Gasteiger partial charge in [0.25, 0.3) is 0 Å². The maximum absolute atomic E-state index is 13.0. The van der Waals surface area contributed by atoms with Crippen LogP contribution >= 0.6 is 0 Å². The molecular formula is C8H10FNO3. The van der Waals surface area contributed by atoms with Crippen LogP contribution in [0, 0.1) is 5.82 Å². The van der Waals surface area contributed by atoms with Crippen molar-refractivity contribution in [1.29, 1.82) is 0 Å². The average molecular weight is 187 g/mol. The van der Waals surface area contributed by atoms with Crippen LogP contribution in [0.1, 0.15) is 5.69 Å². The molecule has 0 aliphatic rings. The van der Waals surface area contributed by atoms with Crippen LogP contribution in [-0.2, 0) is 11.3 Å². The Bertz CT molecular complexity index is 280. The van der Waals surface area contributed by atoms with E-state index in [0.29, 0.717) is 0 Å². The first-order valence-corrected chi connectivity index (χ1v) is 3.65. The van der Waals surface area contributed by atoms with E-state index in [0.717, 1.165) is 6.07 Å². The van der Waals surface area contributed by atoms with E-state index in [1.54, 1.807) is 0 Å². The van der Waals surface area contributed by atoms with Gasteiger partial charge in [-0.25, -0.2) is 4.39 Å². The molecule has 1 heterocycles. The lowest BCUT2D eigenvalue weighted by Gasteiger charge is -2.05. The van der Waals surface area contributed by atoms with Gasteiger partial charge in [-0.2, -0.15) is 0 Å². The van der Waals surface area contributed by atoms with Gasteiger partial charge in [0.2, 0.25) is 0 Å². The molecule has 1 N–H and O–H groups in total. The van der Waals surface area contributed by atoms with E-state index in [-0.39, 0.29) is 24.8 Å². The summed E-state index contributed by atoms with van der Waals surface area (Å²) in [5.74, 6) is -0.546. The van der Waals surface area contributed by atoms with Gasteiger partial charge < -0.3 is 14.6 Å². The Balaban J connectivity index is 2.73. The molecule has 0 aliphatic heterocycles. The first-order valence-electron chi connectivity index (χ1n) is 3.65. The number of methoxy groups -OCH3 is 1. The number of hydrogen-bond donors (Lipinski definition) is 1. The van der Waals surface area contributed by atoms with Crippen molar-refractivity contribution >= 4 is 0 Å². The van der Waals surface area contributed by atoms with E-state index in [2.05, 4.69) is 9.72 Å². The molecule has 0 atom stereocenters. The fourth-order valence-corrected chi connectivity index (χ4v) is 0.773. The van der Waals surface area contributed by atoms with E-state index in [1.807, 2.05) is 0 Å². The summed E-state index contributed by atoms with van der Waals surface area (Å²) in [6, 6.07) is 1.12. The fraction of sp³-hybridized carbons (Fsp3) is 0.375. The van der Waals surface area contributed by atoms with Crippen molar-refractivity contribution in [1.82, 2.24) is 4.98 Å². The van der Waals surface area contributed by atoms with Crippen LogP contribution in [0.25, 0.3) is 0 Å². The lowest BCUT2D eigenvalue weighted by atomic mass is 10.3. The van der Waals surface area contributed by atoms with Crippen molar-refractivity contribution in [2.75, 3.05) is 13.9 Å². The second-order valence-electron chi connectivity index (χ2n) is 2.32. The quantitative estimate of drug-likeness (QED) is 0.705. The molecule has 1 aromatic heterocycles. The monoisotopic (exact) mass is 187 g/mol. The van der Waals surface area contributed by atoms with Crippen molar-refractivity contribution in [2.45, 2.75) is 6.61 Å². The number of rotatable bonds is 4. The Kier molecular flexibility index (Phi) is 3.60. The molecule has 72 valence electrons. The van der Waals surface area contributed by atoms with Crippen LogP contribution in [-0.4, -0.2) is 24.0 Å². The Morgan fingerprint density at radius 2 is 2.38 bits per heavy atom. The van der Waals surface area contributed by atoms with E-state index >= 15 is 0 Å². The molecule has 4 nitrogen and oxygen atoms in total. The molecule has 1 rings (SSSR count). The Morgan fingerprint density at radius 1 is 1.62 bits per heavy atom. The van der Waals surface area contributed by atoms with Gasteiger partial charge in [0.05, 0.1) is 18.5 Å². The largest absolute Gasteiger partial charge is 0.463 e. The lowest BCUT2D eigenvalue weighted by molar-refractivity contribution is 0.0479. The first kappa shape index (κ1) is 9.88. The van der Waals surface area contributed by atoms with E-state index in [9.17, 15) is 4.39 Å². The third-order valence-electron chi connectivity index (χ3n) is 1.37. The van der Waals surface area contributed by atoms with Gasteiger partial charge in [-0.3, -0.25) is 4.98 Å². The molecule has 0 saturated carbocycles. The summed E-state index contributed by atoms with van der Waals surface area (Å²) in [7, 11) is 1.44. The van der Waals surface area contributed by atoms with Gasteiger partial charge in [0.1, 0.15) is 0 Å². The van der Waals surface area contributed by atoms with Crippen LogP contribution in [0.5, 0.6) is 5.75 Å². The smallest absolute Gasteiger partial charge is 0.188 e. The van der Waals surface area contributed by atoms with Crippen molar-refractivity contribution in [3.05, 3.63) is 23.8 Å². The predicted molar refractivity (Wildman–Crippen MR) is 42.6 cm³/mol. The summed E-state index contributed by atoms with van der Waals surface area (Å²) in [6.45, 7) is -0.321. The Hall–Kier alpha value is -1.20. The van der Waals surface area contributed by atoms with Gasteiger partial charge in [0, 0.05) is 13.2 Å². The standard InChI is InChI=1S/C8H10FNO3/c1-12-5-13-8-3-10-6(4-11)2-7(8)9/h2-3,11H,4-5H2,1H3. The van der Waals surface area contributed by atoms with Gasteiger partial charge >= 0.3 is 0 Å². The fourth-order valence-electron chi connectivity index (χ4n) is 0.773. The summed E-state index contributed by atoms with van der Waals surface area (Å²) in [6.07, 6.45) is 1.21. The lowest BCUT2D eigenvalue weighted by Crippen LogP contribution is -2.02. The topological polar surface area (TPSA) is 51.6 Å². The molecule has 5 heteroatoms. The minimum atomic E-state index is -0.559. The van der Waals surface area contributed by atoms with E-state index in [1.165, 1.54) is 13.3 Å². The molecule has 0 fully saturated rings. The molecule has 0 aromatic carbocycles. The third-order valence-corrected chi connectivity index (χ3v) is 1.37. The SMILES string of the molecule is COCOc1cnc(CO)cc1F. The number of aliphatic hydroxyl groups is 1. The van der Waals surface area contributed by atoms with Crippen molar-refractivity contribution < 1.29 is 19.0 Å². The number of nitrogens with zero attached hydrogens (tertiary/aromatic N) is 1. The zero-order valence-corrected chi connectivity index (χ0v) is 7.16. The minimum absolute atomic E-state index is 0.0130. The highest BCUT2D eigenvalue weighted by molar-refractivity contribution is 5.22. The van der Waals surface area contributed by atoms with Crippen LogP contribution in [0.15, 0.2) is 12.3 Å². The van der Waals surface area contributed by atoms with Crippen LogP contribution in [0.2, 0.25) is 0 Å². The van der Waals surface area contributed by atoms with Crippen LogP contribution in [0.4, 0.5) is 4.39 Å². The van der Waals surface area contributed by atoms with Gasteiger partial charge in [-0.05, 0) is 0 Å². The Morgan fingerprint density at radius 3 is 2.92 bits per heavy atom. The van der Waals surface area contributed by atoms with Crippen molar-refractivity contribution in [3.8, 4) is 5.75 Å². The van der Waals surface area contributed by atoms with Gasteiger partial charge in [-0.1, -0.05) is 0 Å². The van der Waals surface area contributed by atoms with Crippen molar-refractivity contribution in [2.24, 2.45) is 0 Å².